The first kappa shape index (κ1) is 26.3. The number of aromatic nitrogens is 6. The van der Waals surface area contributed by atoms with Crippen LogP contribution in [0, 0.1) is 0 Å². The first-order valence-corrected chi connectivity index (χ1v) is 13.4. The molecule has 2 heterocycles. The minimum Gasteiger partial charge on any atom is -0.427 e. The predicted octanol–water partition coefficient (Wildman–Crippen LogP) is 6.31. The van der Waals surface area contributed by atoms with Crippen LogP contribution in [0.25, 0.3) is 22.5 Å². The van der Waals surface area contributed by atoms with Crippen LogP contribution in [-0.4, -0.2) is 36.1 Å². The van der Waals surface area contributed by atoms with E-state index in [4.69, 9.17) is 16.3 Å². The van der Waals surface area contributed by atoms with E-state index < -0.39 is 0 Å². The van der Waals surface area contributed by atoms with Crippen molar-refractivity contribution in [3.8, 4) is 28.3 Å². The second-order valence-electron chi connectivity index (χ2n) is 9.22. The number of tetrazole rings is 1. The fraction of sp³-hybridized carbons (Fsp3) is 0.233. The summed E-state index contributed by atoms with van der Waals surface area (Å²) in [6, 6.07) is 25.5. The van der Waals surface area contributed by atoms with Crippen molar-refractivity contribution in [2.24, 2.45) is 0 Å². The quantitative estimate of drug-likeness (QED) is 0.156. The lowest BCUT2D eigenvalue weighted by Gasteiger charge is -2.13. The molecule has 0 amide bonds. The number of carbonyl (C=O) groups is 1. The summed E-state index contributed by atoms with van der Waals surface area (Å²) in [5, 5.41) is 14.9. The van der Waals surface area contributed by atoms with Gasteiger partial charge in [0.25, 0.3) is 0 Å². The molecule has 0 unspecified atom stereocenters. The summed E-state index contributed by atoms with van der Waals surface area (Å²) in [6.07, 6.45) is 3.53. The van der Waals surface area contributed by atoms with Gasteiger partial charge in [-0.2, -0.15) is 5.21 Å². The van der Waals surface area contributed by atoms with Gasteiger partial charge < -0.3 is 9.30 Å². The Bertz CT molecular complexity index is 1520. The van der Waals surface area contributed by atoms with Gasteiger partial charge in [-0.15, -0.1) is 10.2 Å². The normalized spacial score (nSPS) is 11.0. The van der Waals surface area contributed by atoms with E-state index in [1.165, 1.54) is 0 Å². The number of unbranched alkanes of at least 4 members (excludes halogenated alkanes) is 1. The maximum Gasteiger partial charge on any atom is 0.311 e. The Labute approximate surface area is 232 Å². The summed E-state index contributed by atoms with van der Waals surface area (Å²) in [5.41, 5.74) is 4.94. The minimum absolute atomic E-state index is 0.208. The highest BCUT2D eigenvalue weighted by Crippen LogP contribution is 2.30. The molecule has 0 bridgehead atoms. The highest BCUT2D eigenvalue weighted by Gasteiger charge is 2.18. The fourth-order valence-corrected chi connectivity index (χ4v) is 4.82. The lowest BCUT2D eigenvalue weighted by Crippen LogP contribution is -2.13. The standard InChI is InChI=1S/C30H29ClN6O2/c1-2-3-13-27-32-29(31)26(18-19-28(38)39-23-9-5-4-6-10-23)37(27)20-21-14-16-22(17-15-21)24-11-7-8-12-25(24)30-33-35-36-34-30/h4-12,14-17H,2-3,13,18-20H2,1H3,(H,33,34,35,36). The van der Waals surface area contributed by atoms with E-state index in [0.717, 1.165) is 53.0 Å². The number of hydrogen-bond acceptors (Lipinski definition) is 6. The minimum atomic E-state index is -0.301. The number of hydrogen-bond donors (Lipinski definition) is 1. The van der Waals surface area contributed by atoms with Crippen LogP contribution >= 0.6 is 11.6 Å². The maximum absolute atomic E-state index is 12.5. The van der Waals surface area contributed by atoms with Gasteiger partial charge in [0.2, 0.25) is 5.82 Å². The van der Waals surface area contributed by atoms with E-state index in [1.54, 1.807) is 12.1 Å². The molecule has 5 aromatic rings. The largest absolute Gasteiger partial charge is 0.427 e. The van der Waals surface area contributed by atoms with E-state index in [-0.39, 0.29) is 12.4 Å². The average Bonchev–Trinajstić information content (AvgIpc) is 3.60. The Morgan fingerprint density at radius 1 is 0.949 bits per heavy atom. The SMILES string of the molecule is CCCCc1nc(Cl)c(CCC(=O)Oc2ccccc2)n1Cc1ccc(-c2ccccc2-c2nn[nH]n2)cc1. The molecule has 0 aliphatic rings. The molecule has 198 valence electrons. The number of H-pyrrole nitrogens is 1. The molecule has 0 spiro atoms. The topological polar surface area (TPSA) is 98.6 Å². The molecule has 39 heavy (non-hydrogen) atoms. The Kier molecular flexibility index (Phi) is 8.43. The average molecular weight is 541 g/mol. The zero-order chi connectivity index (χ0) is 27.0. The second-order valence-corrected chi connectivity index (χ2v) is 9.58. The van der Waals surface area contributed by atoms with Gasteiger partial charge in [-0.1, -0.05) is 91.7 Å². The van der Waals surface area contributed by atoms with Crippen LogP contribution in [-0.2, 0) is 24.2 Å². The van der Waals surface area contributed by atoms with E-state index >= 15 is 0 Å². The molecular weight excluding hydrogens is 512 g/mol. The number of rotatable bonds is 11. The van der Waals surface area contributed by atoms with Crippen LogP contribution < -0.4 is 4.74 Å². The third kappa shape index (κ3) is 6.41. The Morgan fingerprint density at radius 3 is 2.41 bits per heavy atom. The molecule has 1 N–H and O–H groups in total. The molecule has 2 aromatic heterocycles. The van der Waals surface area contributed by atoms with Gasteiger partial charge in [-0.05, 0) is 40.5 Å². The highest BCUT2D eigenvalue weighted by atomic mass is 35.5. The molecule has 8 nitrogen and oxygen atoms in total. The van der Waals surface area contributed by atoms with Gasteiger partial charge in [0.15, 0.2) is 5.15 Å². The summed E-state index contributed by atoms with van der Waals surface area (Å²) >= 11 is 6.61. The van der Waals surface area contributed by atoms with Crippen LogP contribution in [0.4, 0.5) is 0 Å². The first-order valence-electron chi connectivity index (χ1n) is 13.0. The summed E-state index contributed by atoms with van der Waals surface area (Å²) in [7, 11) is 0. The number of nitrogens with zero attached hydrogens (tertiary/aromatic N) is 5. The molecule has 9 heteroatoms. The molecule has 3 aromatic carbocycles. The second kappa shape index (κ2) is 12.5. The molecule has 0 saturated heterocycles. The molecule has 0 radical (unpaired) electrons. The fourth-order valence-electron chi connectivity index (χ4n) is 4.53. The number of aryl methyl sites for hydroxylation is 1. The van der Waals surface area contributed by atoms with Crippen LogP contribution in [0.2, 0.25) is 5.15 Å². The Morgan fingerprint density at radius 2 is 1.69 bits per heavy atom. The number of para-hydroxylation sites is 1. The van der Waals surface area contributed by atoms with Crippen LogP contribution in [0.15, 0.2) is 78.9 Å². The predicted molar refractivity (Wildman–Crippen MR) is 150 cm³/mol. The lowest BCUT2D eigenvalue weighted by atomic mass is 9.98. The van der Waals surface area contributed by atoms with Crippen LogP contribution in [0.1, 0.15) is 43.3 Å². The monoisotopic (exact) mass is 540 g/mol. The number of nitrogens with one attached hydrogen (secondary N) is 1. The molecule has 0 aliphatic heterocycles. The number of carbonyl (C=O) groups excluding carboxylic acids is 1. The van der Waals surface area contributed by atoms with Crippen molar-refractivity contribution in [2.45, 2.75) is 45.6 Å². The van der Waals surface area contributed by atoms with E-state index in [0.29, 0.717) is 29.7 Å². The highest BCUT2D eigenvalue weighted by molar-refractivity contribution is 6.30. The summed E-state index contributed by atoms with van der Waals surface area (Å²) in [6.45, 7) is 2.76. The van der Waals surface area contributed by atoms with Crippen molar-refractivity contribution in [2.75, 3.05) is 0 Å². The van der Waals surface area contributed by atoms with Gasteiger partial charge in [0.1, 0.15) is 11.6 Å². The Balaban J connectivity index is 1.36. The maximum atomic E-state index is 12.5. The number of ether oxygens (including phenoxy) is 1. The van der Waals surface area contributed by atoms with Crippen LogP contribution in [0.3, 0.4) is 0 Å². The van der Waals surface area contributed by atoms with Crippen molar-refractivity contribution < 1.29 is 9.53 Å². The molecule has 0 atom stereocenters. The zero-order valence-electron chi connectivity index (χ0n) is 21.7. The smallest absolute Gasteiger partial charge is 0.311 e. The molecule has 5 rings (SSSR count). The molecule has 0 saturated carbocycles. The molecule has 0 aliphatic carbocycles. The van der Waals surface area contributed by atoms with Gasteiger partial charge in [0.05, 0.1) is 12.1 Å². The van der Waals surface area contributed by atoms with Crippen molar-refractivity contribution in [1.29, 1.82) is 0 Å². The Hall–Kier alpha value is -4.30. The first-order chi connectivity index (χ1) is 19.1. The number of benzene rings is 3. The summed E-state index contributed by atoms with van der Waals surface area (Å²) in [4.78, 5) is 17.2. The van der Waals surface area contributed by atoms with E-state index in [9.17, 15) is 4.79 Å². The van der Waals surface area contributed by atoms with Gasteiger partial charge in [-0.25, -0.2) is 4.98 Å². The van der Waals surface area contributed by atoms with Crippen molar-refractivity contribution in [3.05, 3.63) is 101 Å². The lowest BCUT2D eigenvalue weighted by molar-refractivity contribution is -0.134. The summed E-state index contributed by atoms with van der Waals surface area (Å²) in [5.74, 6) is 1.72. The summed E-state index contributed by atoms with van der Waals surface area (Å²) < 4.78 is 7.62. The van der Waals surface area contributed by atoms with E-state index in [1.807, 2.05) is 42.5 Å². The van der Waals surface area contributed by atoms with Crippen molar-refractivity contribution >= 4 is 17.6 Å². The van der Waals surface area contributed by atoms with E-state index in [2.05, 4.69) is 61.4 Å². The molecule has 0 fully saturated rings. The van der Waals surface area contributed by atoms with Gasteiger partial charge >= 0.3 is 5.97 Å². The van der Waals surface area contributed by atoms with Crippen molar-refractivity contribution in [3.63, 3.8) is 0 Å². The third-order valence-electron chi connectivity index (χ3n) is 6.52. The number of imidazole rings is 1. The van der Waals surface area contributed by atoms with Crippen LogP contribution in [0.5, 0.6) is 5.75 Å². The van der Waals surface area contributed by atoms with Crippen molar-refractivity contribution in [1.82, 2.24) is 30.2 Å². The van der Waals surface area contributed by atoms with Gasteiger partial charge in [0, 0.05) is 24.9 Å². The van der Waals surface area contributed by atoms with Gasteiger partial charge in [-0.3, -0.25) is 4.79 Å². The molecular formula is C30H29ClN6O2. The number of aromatic amines is 1. The third-order valence-corrected chi connectivity index (χ3v) is 6.82. The zero-order valence-corrected chi connectivity index (χ0v) is 22.4. The number of halogens is 1. The number of esters is 1.